The number of nitro groups is 1. The zero-order valence-electron chi connectivity index (χ0n) is 13.7. The topological polar surface area (TPSA) is 96.6 Å². The molecule has 0 bridgehead atoms. The number of nitro benzene ring substituents is 1. The first-order valence-electron chi connectivity index (χ1n) is 7.44. The summed E-state index contributed by atoms with van der Waals surface area (Å²) in [5, 5.41) is 17.7. The van der Waals surface area contributed by atoms with E-state index in [0.717, 1.165) is 16.8 Å². The Morgan fingerprint density at radius 3 is 2.72 bits per heavy atom. The normalized spacial score (nSPS) is 10.7. The van der Waals surface area contributed by atoms with Gasteiger partial charge in [0.1, 0.15) is 5.02 Å². The molecule has 2 N–H and O–H groups in total. The van der Waals surface area contributed by atoms with Crippen LogP contribution in [0.25, 0.3) is 0 Å². The fourth-order valence-electron chi connectivity index (χ4n) is 2.16. The highest BCUT2D eigenvalue weighted by Crippen LogP contribution is 2.24. The van der Waals surface area contributed by atoms with Gasteiger partial charge in [-0.3, -0.25) is 14.9 Å². The van der Waals surface area contributed by atoms with Crippen LogP contribution in [0, 0.1) is 24.0 Å². The second-order valence-corrected chi connectivity index (χ2v) is 5.84. The predicted molar refractivity (Wildman–Crippen MR) is 98.2 cm³/mol. The van der Waals surface area contributed by atoms with Gasteiger partial charge in [-0.25, -0.2) is 5.43 Å². The van der Waals surface area contributed by atoms with Gasteiger partial charge < -0.3 is 5.32 Å². The fourth-order valence-corrected chi connectivity index (χ4v) is 2.34. The number of hydrogen-bond acceptors (Lipinski definition) is 5. The van der Waals surface area contributed by atoms with Crippen molar-refractivity contribution in [3.63, 3.8) is 0 Å². The molecule has 0 aromatic heterocycles. The van der Waals surface area contributed by atoms with E-state index in [-0.39, 0.29) is 23.2 Å². The largest absolute Gasteiger partial charge is 0.376 e. The van der Waals surface area contributed by atoms with Gasteiger partial charge in [-0.1, -0.05) is 35.4 Å². The highest BCUT2D eigenvalue weighted by molar-refractivity contribution is 6.32. The highest BCUT2D eigenvalue weighted by Gasteiger charge is 2.11. The molecule has 0 radical (unpaired) electrons. The molecule has 7 nitrogen and oxygen atoms in total. The number of halogens is 1. The molecule has 25 heavy (non-hydrogen) atoms. The lowest BCUT2D eigenvalue weighted by molar-refractivity contribution is -0.384. The third-order valence-corrected chi connectivity index (χ3v) is 3.71. The van der Waals surface area contributed by atoms with Crippen molar-refractivity contribution < 1.29 is 9.72 Å². The van der Waals surface area contributed by atoms with Crippen LogP contribution in [0.1, 0.15) is 16.7 Å². The second kappa shape index (κ2) is 8.25. The van der Waals surface area contributed by atoms with Gasteiger partial charge in [-0.15, -0.1) is 0 Å². The molecule has 0 aliphatic heterocycles. The molecule has 2 rings (SSSR count). The summed E-state index contributed by atoms with van der Waals surface area (Å²) >= 11 is 5.73. The Hall–Kier alpha value is -2.93. The van der Waals surface area contributed by atoms with Crippen molar-refractivity contribution in [3.8, 4) is 0 Å². The lowest BCUT2D eigenvalue weighted by Gasteiger charge is -2.09. The Bertz CT molecular complexity index is 837. The molecule has 0 aliphatic carbocycles. The summed E-state index contributed by atoms with van der Waals surface area (Å²) in [5.41, 5.74) is 5.67. The number of nitrogens with one attached hydrogen (secondary N) is 2. The van der Waals surface area contributed by atoms with E-state index in [9.17, 15) is 14.9 Å². The number of benzene rings is 2. The molecular weight excluding hydrogens is 344 g/mol. The second-order valence-electron chi connectivity index (χ2n) is 5.43. The summed E-state index contributed by atoms with van der Waals surface area (Å²) < 4.78 is 0. The van der Waals surface area contributed by atoms with Crippen LogP contribution in [0.3, 0.4) is 0 Å². The summed E-state index contributed by atoms with van der Waals surface area (Å²) in [4.78, 5) is 22.0. The number of anilines is 1. The van der Waals surface area contributed by atoms with Crippen molar-refractivity contribution in [2.24, 2.45) is 5.10 Å². The quantitative estimate of drug-likeness (QED) is 0.468. The van der Waals surface area contributed by atoms with Crippen LogP contribution in [0.15, 0.2) is 41.5 Å². The number of hydrazone groups is 1. The molecule has 8 heteroatoms. The Balaban J connectivity index is 1.90. The van der Waals surface area contributed by atoms with Gasteiger partial charge in [-0.2, -0.15) is 5.10 Å². The van der Waals surface area contributed by atoms with E-state index >= 15 is 0 Å². The molecule has 0 saturated heterocycles. The molecule has 0 fully saturated rings. The maximum Gasteiger partial charge on any atom is 0.288 e. The Morgan fingerprint density at radius 2 is 2.04 bits per heavy atom. The number of rotatable bonds is 6. The third-order valence-electron chi connectivity index (χ3n) is 3.39. The van der Waals surface area contributed by atoms with Crippen LogP contribution in [-0.4, -0.2) is 23.6 Å². The van der Waals surface area contributed by atoms with E-state index in [1.165, 1.54) is 18.3 Å². The van der Waals surface area contributed by atoms with E-state index in [1.54, 1.807) is 6.07 Å². The molecule has 130 valence electrons. The van der Waals surface area contributed by atoms with Crippen molar-refractivity contribution in [3.05, 3.63) is 68.2 Å². The van der Waals surface area contributed by atoms with Crippen LogP contribution in [0.2, 0.25) is 5.02 Å². The Kier molecular flexibility index (Phi) is 6.08. The van der Waals surface area contributed by atoms with Gasteiger partial charge in [0.2, 0.25) is 0 Å². The minimum atomic E-state index is -0.577. The van der Waals surface area contributed by atoms with Crippen molar-refractivity contribution in [1.29, 1.82) is 0 Å². The molecule has 0 atom stereocenters. The van der Waals surface area contributed by atoms with Crippen molar-refractivity contribution in [1.82, 2.24) is 5.43 Å². The smallest absolute Gasteiger partial charge is 0.288 e. The van der Waals surface area contributed by atoms with Crippen LogP contribution < -0.4 is 10.7 Å². The Morgan fingerprint density at radius 1 is 1.28 bits per heavy atom. The fraction of sp³-hybridized carbons (Fsp3) is 0.176. The molecule has 0 spiro atoms. The standard InChI is InChI=1S/C17H17ClN4O3/c1-11-3-6-15(12(2)7-11)19-10-17(23)21-20-9-13-4-5-14(18)16(8-13)22(24)25/h3-9,19H,10H2,1-2H3,(H,21,23)/b20-9-. The van der Waals surface area contributed by atoms with Crippen LogP contribution >= 0.6 is 11.6 Å². The monoisotopic (exact) mass is 360 g/mol. The number of nitrogens with zero attached hydrogens (tertiary/aromatic N) is 2. The van der Waals surface area contributed by atoms with Gasteiger partial charge in [0.25, 0.3) is 11.6 Å². The maximum atomic E-state index is 11.8. The summed E-state index contributed by atoms with van der Waals surface area (Å²) in [6, 6.07) is 10.1. The average molecular weight is 361 g/mol. The average Bonchev–Trinajstić information content (AvgIpc) is 2.55. The summed E-state index contributed by atoms with van der Waals surface area (Å²) in [6.07, 6.45) is 1.32. The zero-order chi connectivity index (χ0) is 18.4. The molecular formula is C17H17ClN4O3. The highest BCUT2D eigenvalue weighted by atomic mass is 35.5. The molecule has 2 aromatic rings. The number of hydrogen-bond donors (Lipinski definition) is 2. The first-order chi connectivity index (χ1) is 11.9. The van der Waals surface area contributed by atoms with Crippen molar-refractivity contribution >= 4 is 35.1 Å². The van der Waals surface area contributed by atoms with E-state index in [4.69, 9.17) is 11.6 Å². The first kappa shape index (κ1) is 18.4. The predicted octanol–water partition coefficient (Wildman–Crippen LogP) is 3.43. The first-order valence-corrected chi connectivity index (χ1v) is 7.81. The lowest BCUT2D eigenvalue weighted by atomic mass is 10.1. The minimum Gasteiger partial charge on any atom is -0.376 e. The van der Waals surface area contributed by atoms with Crippen LogP contribution in [0.4, 0.5) is 11.4 Å². The molecule has 0 saturated carbocycles. The number of carbonyl (C=O) groups is 1. The van der Waals surface area contributed by atoms with Crippen LogP contribution in [0.5, 0.6) is 0 Å². The summed E-state index contributed by atoms with van der Waals surface area (Å²) in [6.45, 7) is 4.01. The van der Waals surface area contributed by atoms with Gasteiger partial charge in [0.05, 0.1) is 17.7 Å². The Labute approximate surface area is 149 Å². The summed E-state index contributed by atoms with van der Waals surface area (Å²) in [7, 11) is 0. The van der Waals surface area contributed by atoms with Gasteiger partial charge in [-0.05, 0) is 31.5 Å². The lowest BCUT2D eigenvalue weighted by Crippen LogP contribution is -2.26. The molecule has 1 amide bonds. The van der Waals surface area contributed by atoms with Crippen molar-refractivity contribution in [2.45, 2.75) is 13.8 Å². The molecule has 0 unspecified atom stereocenters. The van der Waals surface area contributed by atoms with Gasteiger partial charge >= 0.3 is 0 Å². The minimum absolute atomic E-state index is 0.0452. The van der Waals surface area contributed by atoms with E-state index in [0.29, 0.717) is 5.56 Å². The molecule has 0 aliphatic rings. The third kappa shape index (κ3) is 5.29. The van der Waals surface area contributed by atoms with E-state index < -0.39 is 4.92 Å². The van der Waals surface area contributed by atoms with Gasteiger partial charge in [0, 0.05) is 17.3 Å². The van der Waals surface area contributed by atoms with Gasteiger partial charge in [0.15, 0.2) is 0 Å². The zero-order valence-corrected chi connectivity index (χ0v) is 14.5. The molecule has 2 aromatic carbocycles. The SMILES string of the molecule is Cc1ccc(NCC(=O)N/N=C\c2ccc(Cl)c([N+](=O)[O-])c2)c(C)c1. The van der Waals surface area contributed by atoms with E-state index in [2.05, 4.69) is 15.8 Å². The van der Waals surface area contributed by atoms with E-state index in [1.807, 2.05) is 32.0 Å². The number of carbonyl (C=O) groups excluding carboxylic acids is 1. The maximum absolute atomic E-state index is 11.8. The molecule has 0 heterocycles. The number of aryl methyl sites for hydroxylation is 2. The summed E-state index contributed by atoms with van der Waals surface area (Å²) in [5.74, 6) is -0.334. The van der Waals surface area contributed by atoms with Crippen molar-refractivity contribution in [2.75, 3.05) is 11.9 Å². The number of amides is 1. The van der Waals surface area contributed by atoms with Crippen LogP contribution in [-0.2, 0) is 4.79 Å².